The van der Waals surface area contributed by atoms with E-state index in [4.69, 9.17) is 9.47 Å². The predicted octanol–water partition coefficient (Wildman–Crippen LogP) is 1.85. The number of fused-ring (bicyclic) bond motifs is 1. The first-order valence-electron chi connectivity index (χ1n) is 12.6. The van der Waals surface area contributed by atoms with E-state index in [9.17, 15) is 19.2 Å². The molecule has 0 aliphatic carbocycles. The molecule has 3 amide bonds. The summed E-state index contributed by atoms with van der Waals surface area (Å²) in [5.74, 6) is -0.535. The van der Waals surface area contributed by atoms with Crippen LogP contribution in [0.3, 0.4) is 0 Å². The quantitative estimate of drug-likeness (QED) is 0.249. The van der Waals surface area contributed by atoms with Crippen LogP contribution < -0.4 is 20.9 Å². The molecule has 1 unspecified atom stereocenters. The summed E-state index contributed by atoms with van der Waals surface area (Å²) in [6.45, 7) is 4.17. The van der Waals surface area contributed by atoms with Gasteiger partial charge >= 0.3 is 0 Å². The van der Waals surface area contributed by atoms with Crippen molar-refractivity contribution in [3.8, 4) is 11.4 Å². The monoisotopic (exact) mass is 545 g/mol. The van der Waals surface area contributed by atoms with Crippen LogP contribution in [0.5, 0.6) is 5.75 Å². The Balaban J connectivity index is 1.43. The normalized spacial score (nSPS) is 15.2. The number of piperidine rings is 1. The van der Waals surface area contributed by atoms with E-state index in [0.717, 1.165) is 0 Å². The minimum Gasteiger partial charge on any atom is -0.491 e. The van der Waals surface area contributed by atoms with Crippen LogP contribution in [0.2, 0.25) is 0 Å². The third-order valence-electron chi connectivity index (χ3n) is 6.50. The van der Waals surface area contributed by atoms with Crippen molar-refractivity contribution in [2.24, 2.45) is 0 Å². The number of amides is 3. The number of aromatic nitrogens is 5. The molecular formula is C27H27N7O6. The number of imide groups is 1. The van der Waals surface area contributed by atoms with Crippen LogP contribution in [-0.4, -0.2) is 62.6 Å². The van der Waals surface area contributed by atoms with E-state index in [-0.39, 0.29) is 35.5 Å². The molecule has 206 valence electrons. The van der Waals surface area contributed by atoms with Crippen LogP contribution in [-0.2, 0) is 14.3 Å². The number of carbonyl (C=O) groups excluding carboxylic acids is 3. The number of ether oxygens (including phenoxy) is 2. The highest BCUT2D eigenvalue weighted by atomic mass is 16.5. The summed E-state index contributed by atoms with van der Waals surface area (Å²) in [6, 6.07) is 11.1. The fourth-order valence-electron chi connectivity index (χ4n) is 4.56. The Hall–Kier alpha value is -4.91. The summed E-state index contributed by atoms with van der Waals surface area (Å²) in [5, 5.41) is 13.9. The highest BCUT2D eigenvalue weighted by Crippen LogP contribution is 2.24. The average molecular weight is 546 g/mol. The summed E-state index contributed by atoms with van der Waals surface area (Å²) < 4.78 is 11.8. The molecular weight excluding hydrogens is 518 g/mol. The average Bonchev–Trinajstić information content (AvgIpc) is 3.32. The molecule has 2 N–H and O–H groups in total. The summed E-state index contributed by atoms with van der Waals surface area (Å²) >= 11 is 0. The van der Waals surface area contributed by atoms with Gasteiger partial charge in [0.05, 0.1) is 34.6 Å². The van der Waals surface area contributed by atoms with Gasteiger partial charge in [0.2, 0.25) is 11.8 Å². The maximum Gasteiger partial charge on any atom is 0.278 e. The number of hydrogen-bond acceptors (Lipinski definition) is 9. The van der Waals surface area contributed by atoms with E-state index in [1.807, 2.05) is 0 Å². The molecule has 1 fully saturated rings. The molecule has 0 bridgehead atoms. The Bertz CT molecular complexity index is 1680. The minimum atomic E-state index is -0.884. The molecule has 4 aromatic rings. The standard InChI is InChI=1S/C27H27N7O6/c1-15-24(32-34(31-15)17-7-9-18(10-8-17)40-14-13-39-3)26(37)29-20-6-4-5-19-23(20)27(38)33(16(2)28-19)21-11-12-22(35)30-25(21)36/h4-10,21H,11-14H2,1-3H3,(H,29,37)(H,30,35,36). The molecule has 0 spiro atoms. The fourth-order valence-corrected chi connectivity index (χ4v) is 4.56. The highest BCUT2D eigenvalue weighted by Gasteiger charge is 2.31. The van der Waals surface area contributed by atoms with Crippen molar-refractivity contribution >= 4 is 34.3 Å². The molecule has 13 heteroatoms. The number of aryl methyl sites for hydroxylation is 2. The summed E-state index contributed by atoms with van der Waals surface area (Å²) in [7, 11) is 1.60. The highest BCUT2D eigenvalue weighted by molar-refractivity contribution is 6.08. The molecule has 2 aromatic carbocycles. The zero-order chi connectivity index (χ0) is 28.4. The van der Waals surface area contributed by atoms with E-state index in [2.05, 4.69) is 25.8 Å². The number of hydrogen-bond donors (Lipinski definition) is 2. The fraction of sp³-hybridized carbons (Fsp3) is 0.296. The number of rotatable bonds is 8. The lowest BCUT2D eigenvalue weighted by atomic mass is 10.1. The molecule has 1 aliphatic heterocycles. The van der Waals surface area contributed by atoms with Crippen molar-refractivity contribution in [2.75, 3.05) is 25.6 Å². The summed E-state index contributed by atoms with van der Waals surface area (Å²) in [5.41, 5.74) is 1.15. The minimum absolute atomic E-state index is 0.0722. The number of methoxy groups -OCH3 is 1. The Labute approximate surface area is 228 Å². The summed E-state index contributed by atoms with van der Waals surface area (Å²) in [4.78, 5) is 56.9. The third-order valence-corrected chi connectivity index (χ3v) is 6.50. The number of carbonyl (C=O) groups is 3. The van der Waals surface area contributed by atoms with E-state index in [1.165, 1.54) is 9.36 Å². The first kappa shape index (κ1) is 26.7. The second kappa shape index (κ2) is 11.1. The van der Waals surface area contributed by atoms with Gasteiger partial charge in [-0.2, -0.15) is 9.90 Å². The van der Waals surface area contributed by atoms with Crippen LogP contribution in [0.15, 0.2) is 47.3 Å². The molecule has 40 heavy (non-hydrogen) atoms. The largest absolute Gasteiger partial charge is 0.491 e. The second-order valence-corrected chi connectivity index (χ2v) is 9.21. The van der Waals surface area contributed by atoms with Crippen molar-refractivity contribution in [3.05, 3.63) is 70.0 Å². The first-order valence-corrected chi connectivity index (χ1v) is 12.6. The Morgan fingerprint density at radius 2 is 1.85 bits per heavy atom. The number of anilines is 1. The maximum atomic E-state index is 13.6. The lowest BCUT2D eigenvalue weighted by Gasteiger charge is -2.24. The molecule has 5 rings (SSSR count). The molecule has 3 heterocycles. The molecule has 1 aliphatic rings. The van der Waals surface area contributed by atoms with Gasteiger partial charge in [-0.3, -0.25) is 29.1 Å². The van der Waals surface area contributed by atoms with Gasteiger partial charge in [0.25, 0.3) is 11.5 Å². The van der Waals surface area contributed by atoms with Crippen molar-refractivity contribution < 1.29 is 23.9 Å². The summed E-state index contributed by atoms with van der Waals surface area (Å²) in [6.07, 6.45) is 0.285. The molecule has 0 radical (unpaired) electrons. The number of benzene rings is 2. The van der Waals surface area contributed by atoms with E-state index < -0.39 is 23.4 Å². The second-order valence-electron chi connectivity index (χ2n) is 9.21. The van der Waals surface area contributed by atoms with Crippen LogP contribution in [0, 0.1) is 13.8 Å². The maximum absolute atomic E-state index is 13.6. The Kier molecular flexibility index (Phi) is 7.38. The molecule has 1 atom stereocenters. The van der Waals surface area contributed by atoms with Gasteiger partial charge in [-0.1, -0.05) is 6.07 Å². The number of nitrogens with one attached hydrogen (secondary N) is 2. The van der Waals surface area contributed by atoms with Crippen LogP contribution >= 0.6 is 0 Å². The zero-order valence-corrected chi connectivity index (χ0v) is 22.1. The smallest absolute Gasteiger partial charge is 0.278 e. The number of nitrogens with zero attached hydrogens (tertiary/aromatic N) is 5. The molecule has 13 nitrogen and oxygen atoms in total. The Morgan fingerprint density at radius 3 is 2.58 bits per heavy atom. The van der Waals surface area contributed by atoms with Gasteiger partial charge in [-0.15, -0.1) is 5.10 Å². The van der Waals surface area contributed by atoms with Gasteiger partial charge < -0.3 is 14.8 Å². The van der Waals surface area contributed by atoms with Crippen molar-refractivity contribution in [1.82, 2.24) is 29.9 Å². The zero-order valence-electron chi connectivity index (χ0n) is 22.1. The van der Waals surface area contributed by atoms with Crippen LogP contribution in [0.1, 0.15) is 40.9 Å². The van der Waals surface area contributed by atoms with Crippen LogP contribution in [0.4, 0.5) is 5.69 Å². The van der Waals surface area contributed by atoms with Gasteiger partial charge in [-0.25, -0.2) is 4.98 Å². The lowest BCUT2D eigenvalue weighted by molar-refractivity contribution is -0.135. The SMILES string of the molecule is COCCOc1ccc(-n2nc(C)c(C(=O)Nc3cccc4nc(C)n(C5CCC(=O)NC5=O)c(=O)c34)n2)cc1. The van der Waals surface area contributed by atoms with E-state index in [0.29, 0.717) is 41.7 Å². The molecule has 0 saturated carbocycles. The van der Waals surface area contributed by atoms with Crippen LogP contribution in [0.25, 0.3) is 16.6 Å². The van der Waals surface area contributed by atoms with Crippen molar-refractivity contribution in [2.45, 2.75) is 32.7 Å². The van der Waals surface area contributed by atoms with Gasteiger partial charge in [0, 0.05) is 13.5 Å². The first-order chi connectivity index (χ1) is 19.3. The predicted molar refractivity (Wildman–Crippen MR) is 144 cm³/mol. The molecule has 2 aromatic heterocycles. The van der Waals surface area contributed by atoms with Crippen molar-refractivity contribution in [1.29, 1.82) is 0 Å². The lowest BCUT2D eigenvalue weighted by Crippen LogP contribution is -2.45. The van der Waals surface area contributed by atoms with E-state index >= 15 is 0 Å². The van der Waals surface area contributed by atoms with Gasteiger partial charge in [0.15, 0.2) is 5.69 Å². The Morgan fingerprint density at radius 1 is 1.07 bits per heavy atom. The van der Waals surface area contributed by atoms with Gasteiger partial charge in [0.1, 0.15) is 24.2 Å². The third kappa shape index (κ3) is 5.18. The van der Waals surface area contributed by atoms with Crippen molar-refractivity contribution in [3.63, 3.8) is 0 Å². The van der Waals surface area contributed by atoms with Gasteiger partial charge in [-0.05, 0) is 56.7 Å². The topological polar surface area (TPSA) is 159 Å². The molecule has 1 saturated heterocycles. The van der Waals surface area contributed by atoms with E-state index in [1.54, 1.807) is 63.4 Å².